The van der Waals surface area contributed by atoms with Gasteiger partial charge in [0.15, 0.2) is 0 Å². The van der Waals surface area contributed by atoms with Crippen molar-refractivity contribution in [2.45, 2.75) is 33.1 Å². The Kier molecular flexibility index (Phi) is 3.72. The second-order valence-electron chi connectivity index (χ2n) is 4.10. The lowest BCUT2D eigenvalue weighted by Crippen LogP contribution is -2.16. The lowest BCUT2D eigenvalue weighted by molar-refractivity contribution is 0.300. The molecule has 1 aliphatic rings. The van der Waals surface area contributed by atoms with Crippen LogP contribution in [0.1, 0.15) is 30.4 Å². The van der Waals surface area contributed by atoms with E-state index in [9.17, 15) is 0 Å². The first-order valence-electron chi connectivity index (χ1n) is 6.01. The van der Waals surface area contributed by atoms with E-state index in [-0.39, 0.29) is 0 Å². The Morgan fingerprint density at radius 2 is 2.06 bits per heavy atom. The first-order valence-corrected chi connectivity index (χ1v) is 6.01. The Morgan fingerprint density at radius 1 is 1.25 bits per heavy atom. The van der Waals surface area contributed by atoms with Crippen molar-refractivity contribution < 1.29 is 4.74 Å². The zero-order chi connectivity index (χ0) is 11.4. The molecule has 1 N–H and O–H groups in total. The normalized spacial score (nSPS) is 15.4. The maximum Gasteiger partial charge on any atom is 0.220 e. The van der Waals surface area contributed by atoms with Gasteiger partial charge in [-0.05, 0) is 26.3 Å². The number of nitrogens with one attached hydrogen (secondary N) is 1. The summed E-state index contributed by atoms with van der Waals surface area (Å²) in [6, 6.07) is 0. The van der Waals surface area contributed by atoms with Crippen LogP contribution in [0.3, 0.4) is 0 Å². The third-order valence-electron chi connectivity index (χ3n) is 2.70. The van der Waals surface area contributed by atoms with Crippen LogP contribution in [0.25, 0.3) is 0 Å². The minimum atomic E-state index is 0.732. The maximum atomic E-state index is 5.71. The molecule has 16 heavy (non-hydrogen) atoms. The predicted molar refractivity (Wildman–Crippen MR) is 62.8 cm³/mol. The smallest absolute Gasteiger partial charge is 0.220 e. The number of aryl methyl sites for hydroxylation is 1. The van der Waals surface area contributed by atoms with Crippen molar-refractivity contribution in [1.82, 2.24) is 15.3 Å². The summed E-state index contributed by atoms with van der Waals surface area (Å²) in [7, 11) is 0. The Bertz CT molecular complexity index is 366. The molecule has 1 aromatic heterocycles. The van der Waals surface area contributed by atoms with Crippen LogP contribution in [0, 0.1) is 6.92 Å². The molecule has 0 aromatic carbocycles. The number of ether oxygens (including phenoxy) is 1. The van der Waals surface area contributed by atoms with Crippen molar-refractivity contribution in [3.63, 3.8) is 0 Å². The van der Waals surface area contributed by atoms with E-state index in [4.69, 9.17) is 4.74 Å². The van der Waals surface area contributed by atoms with Crippen molar-refractivity contribution >= 4 is 0 Å². The highest BCUT2D eigenvalue weighted by atomic mass is 16.5. The van der Waals surface area contributed by atoms with Gasteiger partial charge >= 0.3 is 0 Å². The summed E-state index contributed by atoms with van der Waals surface area (Å²) in [6.07, 6.45) is 2.95. The second kappa shape index (κ2) is 5.25. The Morgan fingerprint density at radius 3 is 2.88 bits per heavy atom. The fourth-order valence-corrected chi connectivity index (χ4v) is 1.95. The molecular formula is C12H19N3O. The molecular weight excluding hydrogens is 202 g/mol. The lowest BCUT2D eigenvalue weighted by Gasteiger charge is -2.12. The molecule has 4 nitrogen and oxygen atoms in total. The second-order valence-corrected chi connectivity index (χ2v) is 4.10. The molecule has 0 atom stereocenters. The summed E-state index contributed by atoms with van der Waals surface area (Å²) >= 11 is 0. The highest BCUT2D eigenvalue weighted by Gasteiger charge is 2.16. The molecule has 88 valence electrons. The topological polar surface area (TPSA) is 47.0 Å². The number of hydrogen-bond donors (Lipinski definition) is 1. The van der Waals surface area contributed by atoms with Crippen LogP contribution in [0.15, 0.2) is 0 Å². The van der Waals surface area contributed by atoms with Crippen LogP contribution in [0.5, 0.6) is 5.88 Å². The molecule has 0 saturated heterocycles. The van der Waals surface area contributed by atoms with Crippen molar-refractivity contribution in [2.24, 2.45) is 0 Å². The minimum Gasteiger partial charge on any atom is -0.477 e. The van der Waals surface area contributed by atoms with Gasteiger partial charge in [0.25, 0.3) is 0 Å². The van der Waals surface area contributed by atoms with Crippen LogP contribution >= 0.6 is 0 Å². The molecule has 0 spiro atoms. The monoisotopic (exact) mass is 221 g/mol. The molecule has 2 heterocycles. The highest BCUT2D eigenvalue weighted by Crippen LogP contribution is 2.21. The quantitative estimate of drug-likeness (QED) is 0.834. The summed E-state index contributed by atoms with van der Waals surface area (Å²) in [5.74, 6) is 1.61. The molecule has 0 unspecified atom stereocenters. The summed E-state index contributed by atoms with van der Waals surface area (Å²) in [6.45, 7) is 6.75. The average Bonchev–Trinajstić information content (AvgIpc) is 2.50. The molecule has 0 saturated carbocycles. The molecule has 0 fully saturated rings. The predicted octanol–water partition coefficient (Wildman–Crippen LogP) is 1.26. The molecule has 0 amide bonds. The van der Waals surface area contributed by atoms with Gasteiger partial charge in [-0.3, -0.25) is 0 Å². The molecule has 1 aromatic rings. The number of fused-ring (bicyclic) bond motifs is 1. The minimum absolute atomic E-state index is 0.732. The fraction of sp³-hybridized carbons (Fsp3) is 0.667. The van der Waals surface area contributed by atoms with Gasteiger partial charge in [-0.25, -0.2) is 4.98 Å². The SMILES string of the molecule is CCCOc1nc(C)nc2c1CCNCC2. The molecule has 4 heteroatoms. The number of aromatic nitrogens is 2. The summed E-state index contributed by atoms with van der Waals surface area (Å²) in [5, 5.41) is 3.37. The van der Waals surface area contributed by atoms with Gasteiger partial charge in [0.2, 0.25) is 5.88 Å². The zero-order valence-corrected chi connectivity index (χ0v) is 10.0. The number of rotatable bonds is 3. The highest BCUT2D eigenvalue weighted by molar-refractivity contribution is 5.32. The van der Waals surface area contributed by atoms with Crippen molar-refractivity contribution in [2.75, 3.05) is 19.7 Å². The van der Waals surface area contributed by atoms with E-state index in [0.29, 0.717) is 0 Å². The van der Waals surface area contributed by atoms with E-state index in [0.717, 1.165) is 56.4 Å². The molecule has 2 rings (SSSR count). The van der Waals surface area contributed by atoms with E-state index in [1.54, 1.807) is 0 Å². The Hall–Kier alpha value is -1.16. The van der Waals surface area contributed by atoms with E-state index < -0.39 is 0 Å². The first kappa shape index (κ1) is 11.3. The molecule has 0 aliphatic carbocycles. The van der Waals surface area contributed by atoms with Gasteiger partial charge in [-0.1, -0.05) is 6.92 Å². The van der Waals surface area contributed by atoms with E-state index in [2.05, 4.69) is 22.2 Å². The summed E-state index contributed by atoms with van der Waals surface area (Å²) in [5.41, 5.74) is 2.35. The van der Waals surface area contributed by atoms with Gasteiger partial charge in [0, 0.05) is 18.5 Å². The van der Waals surface area contributed by atoms with Crippen molar-refractivity contribution in [3.8, 4) is 5.88 Å². The van der Waals surface area contributed by atoms with Gasteiger partial charge in [-0.2, -0.15) is 4.98 Å². The van der Waals surface area contributed by atoms with Gasteiger partial charge in [0.05, 0.1) is 12.3 Å². The van der Waals surface area contributed by atoms with Gasteiger partial charge < -0.3 is 10.1 Å². The zero-order valence-electron chi connectivity index (χ0n) is 10.0. The summed E-state index contributed by atoms with van der Waals surface area (Å²) in [4.78, 5) is 8.92. The third-order valence-corrected chi connectivity index (χ3v) is 2.70. The van der Waals surface area contributed by atoms with E-state index in [1.807, 2.05) is 6.92 Å². The summed E-state index contributed by atoms with van der Waals surface area (Å²) < 4.78 is 5.71. The molecule has 0 radical (unpaired) electrons. The largest absolute Gasteiger partial charge is 0.477 e. The Balaban J connectivity index is 2.31. The third kappa shape index (κ3) is 2.50. The van der Waals surface area contributed by atoms with Crippen LogP contribution in [0.2, 0.25) is 0 Å². The van der Waals surface area contributed by atoms with E-state index in [1.165, 1.54) is 5.56 Å². The van der Waals surface area contributed by atoms with Gasteiger partial charge in [-0.15, -0.1) is 0 Å². The lowest BCUT2D eigenvalue weighted by atomic mass is 10.1. The van der Waals surface area contributed by atoms with Crippen LogP contribution in [-0.2, 0) is 12.8 Å². The molecule has 1 aliphatic heterocycles. The fourth-order valence-electron chi connectivity index (χ4n) is 1.95. The number of nitrogens with zero attached hydrogens (tertiary/aromatic N) is 2. The Labute approximate surface area is 96.4 Å². The van der Waals surface area contributed by atoms with Gasteiger partial charge in [0.1, 0.15) is 5.82 Å². The first-order chi connectivity index (χ1) is 7.81. The van der Waals surface area contributed by atoms with Crippen LogP contribution < -0.4 is 10.1 Å². The van der Waals surface area contributed by atoms with E-state index >= 15 is 0 Å². The van der Waals surface area contributed by atoms with Crippen molar-refractivity contribution in [3.05, 3.63) is 17.1 Å². The average molecular weight is 221 g/mol. The van der Waals surface area contributed by atoms with Crippen molar-refractivity contribution in [1.29, 1.82) is 0 Å². The van der Waals surface area contributed by atoms with Crippen LogP contribution in [-0.4, -0.2) is 29.7 Å². The standard InChI is InChI=1S/C12H19N3O/c1-3-8-16-12-10-4-6-13-7-5-11(10)14-9(2)15-12/h13H,3-8H2,1-2H3. The number of hydrogen-bond acceptors (Lipinski definition) is 4. The molecule has 0 bridgehead atoms. The van der Waals surface area contributed by atoms with Crippen LogP contribution in [0.4, 0.5) is 0 Å². The maximum absolute atomic E-state index is 5.71.